The molecule has 0 radical (unpaired) electrons. The Hall–Kier alpha value is -1.39. The molecule has 1 fully saturated rings. The number of hydrogen-bond donors (Lipinski definition) is 0. The smallest absolute Gasteiger partial charge is 0.229 e. The van der Waals surface area contributed by atoms with Crippen LogP contribution in [0.1, 0.15) is 39.0 Å². The molecule has 5 nitrogen and oxygen atoms in total. The number of amides is 3. The van der Waals surface area contributed by atoms with E-state index in [0.29, 0.717) is 12.8 Å². The van der Waals surface area contributed by atoms with Gasteiger partial charge in [0.25, 0.3) is 0 Å². The van der Waals surface area contributed by atoms with Crippen LogP contribution in [0.2, 0.25) is 0 Å². The Morgan fingerprint density at radius 2 is 1.88 bits per heavy atom. The number of carbonyl (C=O) groups is 3. The Bertz CT molecular complexity index is 299. The van der Waals surface area contributed by atoms with E-state index in [-0.39, 0.29) is 30.7 Å². The Morgan fingerprint density at radius 1 is 1.29 bits per heavy atom. The van der Waals surface area contributed by atoms with Gasteiger partial charge in [-0.3, -0.25) is 19.3 Å². The maximum Gasteiger partial charge on any atom is 0.229 e. The van der Waals surface area contributed by atoms with Crippen LogP contribution in [0, 0.1) is 0 Å². The highest BCUT2D eigenvalue weighted by Crippen LogP contribution is 2.12. The summed E-state index contributed by atoms with van der Waals surface area (Å²) in [6.07, 6.45) is 2.83. The number of carbonyl (C=O) groups excluding carboxylic acids is 3. The molecule has 1 aliphatic rings. The lowest BCUT2D eigenvalue weighted by molar-refractivity contribution is -0.139. The van der Waals surface area contributed by atoms with Gasteiger partial charge in [-0.2, -0.15) is 0 Å². The van der Waals surface area contributed by atoms with Gasteiger partial charge in [0.1, 0.15) is 0 Å². The van der Waals surface area contributed by atoms with Crippen LogP contribution in [0.4, 0.5) is 0 Å². The summed E-state index contributed by atoms with van der Waals surface area (Å²) in [6.45, 7) is 3.03. The van der Waals surface area contributed by atoms with Crippen molar-refractivity contribution in [3.63, 3.8) is 0 Å². The van der Waals surface area contributed by atoms with E-state index in [4.69, 9.17) is 0 Å². The van der Waals surface area contributed by atoms with Crippen molar-refractivity contribution >= 4 is 17.7 Å². The quantitative estimate of drug-likeness (QED) is 0.645. The third-order valence-corrected chi connectivity index (χ3v) is 2.98. The monoisotopic (exact) mass is 240 g/mol. The first-order chi connectivity index (χ1) is 8.06. The van der Waals surface area contributed by atoms with Gasteiger partial charge in [0.2, 0.25) is 17.7 Å². The van der Waals surface area contributed by atoms with Gasteiger partial charge in [-0.1, -0.05) is 13.3 Å². The van der Waals surface area contributed by atoms with E-state index in [0.717, 1.165) is 19.4 Å². The van der Waals surface area contributed by atoms with Crippen molar-refractivity contribution < 1.29 is 14.4 Å². The van der Waals surface area contributed by atoms with Gasteiger partial charge in [-0.15, -0.1) is 0 Å². The van der Waals surface area contributed by atoms with Crippen LogP contribution in [0.15, 0.2) is 0 Å². The van der Waals surface area contributed by atoms with Crippen molar-refractivity contribution in [2.75, 3.05) is 20.1 Å². The van der Waals surface area contributed by atoms with Gasteiger partial charge in [0.15, 0.2) is 0 Å². The maximum absolute atomic E-state index is 11.7. The highest BCUT2D eigenvalue weighted by Gasteiger charge is 2.28. The number of imide groups is 1. The third kappa shape index (κ3) is 3.84. The molecular formula is C12H20N2O3. The summed E-state index contributed by atoms with van der Waals surface area (Å²) in [6, 6.07) is 0. The molecule has 0 saturated carbocycles. The average Bonchev–Trinajstić information content (AvgIpc) is 2.63. The van der Waals surface area contributed by atoms with Crippen molar-refractivity contribution in [3.05, 3.63) is 0 Å². The fourth-order valence-corrected chi connectivity index (χ4v) is 1.79. The zero-order chi connectivity index (χ0) is 12.8. The number of hydrogen-bond acceptors (Lipinski definition) is 3. The zero-order valence-electron chi connectivity index (χ0n) is 10.6. The standard InChI is InChI=1S/C12H20N2O3/c1-3-4-8-13(2)10(15)7-9-14-11(16)5-6-12(14)17/h3-9H2,1-2H3. The highest BCUT2D eigenvalue weighted by molar-refractivity contribution is 6.02. The predicted molar refractivity (Wildman–Crippen MR) is 63.1 cm³/mol. The van der Waals surface area contributed by atoms with Gasteiger partial charge in [-0.05, 0) is 6.42 Å². The lowest BCUT2D eigenvalue weighted by Crippen LogP contribution is -2.35. The van der Waals surface area contributed by atoms with Crippen LogP contribution >= 0.6 is 0 Å². The highest BCUT2D eigenvalue weighted by atomic mass is 16.2. The number of likely N-dealkylation sites (tertiary alicyclic amines) is 1. The van der Waals surface area contributed by atoms with Gasteiger partial charge in [-0.25, -0.2) is 0 Å². The second-order valence-electron chi connectivity index (χ2n) is 4.36. The van der Waals surface area contributed by atoms with E-state index >= 15 is 0 Å². The minimum atomic E-state index is -0.154. The molecule has 3 amide bonds. The molecule has 1 saturated heterocycles. The van der Waals surface area contributed by atoms with Crippen LogP contribution in [-0.4, -0.2) is 47.7 Å². The predicted octanol–water partition coefficient (Wildman–Crippen LogP) is 0.784. The van der Waals surface area contributed by atoms with Crippen LogP contribution in [0.5, 0.6) is 0 Å². The first kappa shape index (κ1) is 13.7. The van der Waals surface area contributed by atoms with Crippen LogP contribution in [0.25, 0.3) is 0 Å². The lowest BCUT2D eigenvalue weighted by Gasteiger charge is -2.19. The summed E-state index contributed by atoms with van der Waals surface area (Å²) >= 11 is 0. The van der Waals surface area contributed by atoms with Crippen molar-refractivity contribution in [1.29, 1.82) is 0 Å². The summed E-state index contributed by atoms with van der Waals surface area (Å²) in [5.74, 6) is -0.316. The van der Waals surface area contributed by atoms with Gasteiger partial charge >= 0.3 is 0 Å². The molecule has 17 heavy (non-hydrogen) atoms. The van der Waals surface area contributed by atoms with E-state index in [9.17, 15) is 14.4 Å². The minimum absolute atomic E-state index is 0.00838. The fraction of sp³-hybridized carbons (Fsp3) is 0.750. The molecule has 0 aromatic heterocycles. The van der Waals surface area contributed by atoms with E-state index in [1.165, 1.54) is 4.90 Å². The second kappa shape index (κ2) is 6.37. The van der Waals surface area contributed by atoms with Crippen molar-refractivity contribution in [1.82, 2.24) is 9.80 Å². The van der Waals surface area contributed by atoms with Crippen molar-refractivity contribution in [2.24, 2.45) is 0 Å². The number of unbranched alkanes of at least 4 members (excludes halogenated alkanes) is 1. The molecule has 0 bridgehead atoms. The van der Waals surface area contributed by atoms with Crippen molar-refractivity contribution in [2.45, 2.75) is 39.0 Å². The summed E-state index contributed by atoms with van der Waals surface area (Å²) in [7, 11) is 1.76. The minimum Gasteiger partial charge on any atom is -0.346 e. The normalized spacial score (nSPS) is 15.5. The average molecular weight is 240 g/mol. The SMILES string of the molecule is CCCCN(C)C(=O)CCN1C(=O)CCC1=O. The fourth-order valence-electron chi connectivity index (χ4n) is 1.79. The topological polar surface area (TPSA) is 57.7 Å². The summed E-state index contributed by atoms with van der Waals surface area (Å²) in [5, 5.41) is 0. The molecule has 0 aliphatic carbocycles. The van der Waals surface area contributed by atoms with Gasteiger partial charge < -0.3 is 4.90 Å². The first-order valence-corrected chi connectivity index (χ1v) is 6.13. The Kier molecular flexibility index (Phi) is 5.12. The Balaban J connectivity index is 2.32. The molecule has 0 unspecified atom stereocenters. The lowest BCUT2D eigenvalue weighted by atomic mass is 10.3. The first-order valence-electron chi connectivity index (χ1n) is 6.13. The van der Waals surface area contributed by atoms with Gasteiger partial charge in [0.05, 0.1) is 0 Å². The van der Waals surface area contributed by atoms with Crippen LogP contribution in [0.3, 0.4) is 0 Å². The third-order valence-electron chi connectivity index (χ3n) is 2.98. The molecule has 0 spiro atoms. The molecule has 0 aromatic rings. The molecular weight excluding hydrogens is 220 g/mol. The summed E-state index contributed by atoms with van der Waals surface area (Å²) in [5.41, 5.74) is 0. The summed E-state index contributed by atoms with van der Waals surface area (Å²) in [4.78, 5) is 37.2. The van der Waals surface area contributed by atoms with Crippen molar-refractivity contribution in [3.8, 4) is 0 Å². The van der Waals surface area contributed by atoms with E-state index in [2.05, 4.69) is 6.92 Å². The molecule has 0 atom stereocenters. The van der Waals surface area contributed by atoms with Crippen LogP contribution < -0.4 is 0 Å². The summed E-state index contributed by atoms with van der Waals surface area (Å²) < 4.78 is 0. The van der Waals surface area contributed by atoms with E-state index < -0.39 is 0 Å². The Labute approximate surface area is 102 Å². The van der Waals surface area contributed by atoms with E-state index in [1.54, 1.807) is 11.9 Å². The number of nitrogens with zero attached hydrogens (tertiary/aromatic N) is 2. The molecule has 5 heteroatoms. The Morgan fingerprint density at radius 3 is 2.41 bits per heavy atom. The van der Waals surface area contributed by atoms with E-state index in [1.807, 2.05) is 0 Å². The molecule has 0 N–H and O–H groups in total. The maximum atomic E-state index is 11.7. The van der Waals surface area contributed by atoms with Crippen LogP contribution in [-0.2, 0) is 14.4 Å². The number of rotatable bonds is 6. The molecule has 1 rings (SSSR count). The zero-order valence-corrected chi connectivity index (χ0v) is 10.6. The molecule has 0 aromatic carbocycles. The second-order valence-corrected chi connectivity index (χ2v) is 4.36. The largest absolute Gasteiger partial charge is 0.346 e. The molecule has 1 heterocycles. The molecule has 96 valence electrons. The molecule has 1 aliphatic heterocycles. The van der Waals surface area contributed by atoms with Gasteiger partial charge in [0, 0.05) is 39.4 Å².